The zero-order valence-electron chi connectivity index (χ0n) is 16.9. The molecule has 0 spiro atoms. The van der Waals surface area contributed by atoms with Crippen molar-refractivity contribution in [3.63, 3.8) is 0 Å². The molecule has 2 saturated carbocycles. The molecule has 7 heteroatoms. The summed E-state index contributed by atoms with van der Waals surface area (Å²) in [6.45, 7) is 2.13. The first kappa shape index (κ1) is 19.7. The number of hydrogen-bond acceptors (Lipinski definition) is 3. The molecule has 7 nitrogen and oxygen atoms in total. The Morgan fingerprint density at radius 1 is 0.862 bits per heavy atom. The maximum Gasteiger partial charge on any atom is 0.317 e. The fourth-order valence-electron chi connectivity index (χ4n) is 4.13. The Hall–Kier alpha value is -2.57. The minimum atomic E-state index is -0.0557. The Balaban J connectivity index is 1.28. The summed E-state index contributed by atoms with van der Waals surface area (Å²) in [6.07, 6.45) is 7.67. The summed E-state index contributed by atoms with van der Waals surface area (Å²) in [7, 11) is 0. The van der Waals surface area contributed by atoms with Crippen LogP contribution in [0.4, 0.5) is 10.5 Å². The van der Waals surface area contributed by atoms with Gasteiger partial charge in [-0.3, -0.25) is 9.59 Å². The highest BCUT2D eigenvalue weighted by Crippen LogP contribution is 2.30. The van der Waals surface area contributed by atoms with E-state index < -0.39 is 0 Å². The van der Waals surface area contributed by atoms with Gasteiger partial charge < -0.3 is 20.4 Å². The lowest BCUT2D eigenvalue weighted by molar-refractivity contribution is -0.117. The van der Waals surface area contributed by atoms with Gasteiger partial charge in [-0.25, -0.2) is 4.79 Å². The smallest absolute Gasteiger partial charge is 0.317 e. The van der Waals surface area contributed by atoms with Crippen molar-refractivity contribution in [3.05, 3.63) is 29.8 Å². The van der Waals surface area contributed by atoms with Crippen molar-refractivity contribution in [2.24, 2.45) is 5.92 Å². The third kappa shape index (κ3) is 5.08. The van der Waals surface area contributed by atoms with Crippen molar-refractivity contribution in [1.29, 1.82) is 0 Å². The van der Waals surface area contributed by atoms with Gasteiger partial charge in [0.05, 0.1) is 0 Å². The first-order valence-corrected chi connectivity index (χ1v) is 10.9. The summed E-state index contributed by atoms with van der Waals surface area (Å²) >= 11 is 0. The maximum absolute atomic E-state index is 12.9. The lowest BCUT2D eigenvalue weighted by Gasteiger charge is -2.36. The van der Waals surface area contributed by atoms with Gasteiger partial charge in [-0.1, -0.05) is 25.3 Å². The monoisotopic (exact) mass is 398 g/mol. The van der Waals surface area contributed by atoms with Crippen molar-refractivity contribution >= 4 is 23.5 Å². The van der Waals surface area contributed by atoms with Crippen LogP contribution in [0.25, 0.3) is 0 Å². The van der Waals surface area contributed by atoms with E-state index in [2.05, 4.69) is 10.6 Å². The minimum Gasteiger partial charge on any atom is -0.335 e. The van der Waals surface area contributed by atoms with Gasteiger partial charge in [0.2, 0.25) is 5.91 Å². The molecule has 0 unspecified atom stereocenters. The highest BCUT2D eigenvalue weighted by atomic mass is 16.2. The van der Waals surface area contributed by atoms with Crippen molar-refractivity contribution in [2.45, 2.75) is 51.0 Å². The van der Waals surface area contributed by atoms with Gasteiger partial charge in [0.25, 0.3) is 5.91 Å². The van der Waals surface area contributed by atoms with Crippen molar-refractivity contribution < 1.29 is 14.4 Å². The van der Waals surface area contributed by atoms with E-state index in [0.717, 1.165) is 25.7 Å². The lowest BCUT2D eigenvalue weighted by Crippen LogP contribution is -2.54. The molecule has 0 atom stereocenters. The van der Waals surface area contributed by atoms with Gasteiger partial charge in [0.1, 0.15) is 0 Å². The molecular formula is C22H30N4O3. The van der Waals surface area contributed by atoms with Crippen LogP contribution in [0.1, 0.15) is 55.3 Å². The molecule has 1 aromatic rings. The predicted molar refractivity (Wildman–Crippen MR) is 111 cm³/mol. The third-order valence-corrected chi connectivity index (χ3v) is 6.11. The number of amides is 4. The average molecular weight is 399 g/mol. The normalized spacial score (nSPS) is 20.3. The van der Waals surface area contributed by atoms with Crippen molar-refractivity contribution in [3.8, 4) is 0 Å². The molecule has 4 amide bonds. The molecule has 0 aromatic heterocycles. The van der Waals surface area contributed by atoms with E-state index >= 15 is 0 Å². The molecule has 3 aliphatic rings. The van der Waals surface area contributed by atoms with Crippen LogP contribution in [0.5, 0.6) is 0 Å². The Bertz CT molecular complexity index is 763. The number of nitrogens with zero attached hydrogens (tertiary/aromatic N) is 2. The van der Waals surface area contributed by atoms with Crippen LogP contribution in [0.15, 0.2) is 24.3 Å². The molecule has 1 aliphatic heterocycles. The summed E-state index contributed by atoms with van der Waals surface area (Å²) < 4.78 is 0. The van der Waals surface area contributed by atoms with Crippen molar-refractivity contribution in [2.75, 3.05) is 31.5 Å². The number of carbonyl (C=O) groups excluding carboxylic acids is 3. The molecule has 0 radical (unpaired) electrons. The Labute approximate surface area is 171 Å². The van der Waals surface area contributed by atoms with Gasteiger partial charge in [0, 0.05) is 49.4 Å². The number of hydrogen-bond donors (Lipinski definition) is 2. The summed E-state index contributed by atoms with van der Waals surface area (Å²) in [5.41, 5.74) is 1.23. The number of carbonyl (C=O) groups is 3. The fourth-order valence-corrected chi connectivity index (χ4v) is 4.13. The largest absolute Gasteiger partial charge is 0.335 e. The zero-order chi connectivity index (χ0) is 20.2. The average Bonchev–Trinajstić information content (AvgIpc) is 3.60. The van der Waals surface area contributed by atoms with Crippen LogP contribution in [0.2, 0.25) is 0 Å². The molecule has 1 saturated heterocycles. The summed E-state index contributed by atoms with van der Waals surface area (Å²) in [5, 5.41) is 6.04. The lowest BCUT2D eigenvalue weighted by atomic mass is 9.96. The number of urea groups is 1. The van der Waals surface area contributed by atoms with Gasteiger partial charge in [-0.15, -0.1) is 0 Å². The van der Waals surface area contributed by atoms with Crippen LogP contribution in [0.3, 0.4) is 0 Å². The second kappa shape index (κ2) is 8.84. The molecule has 29 heavy (non-hydrogen) atoms. The SMILES string of the molecule is O=C(Nc1cccc(C(=O)N2CCN(C(=O)NC3CCCCC3)CC2)c1)C1CC1. The van der Waals surface area contributed by atoms with Crippen LogP contribution >= 0.6 is 0 Å². The molecule has 4 rings (SSSR count). The minimum absolute atomic E-state index is 0.00575. The molecule has 0 bridgehead atoms. The Kier molecular flexibility index (Phi) is 6.02. The molecule has 3 fully saturated rings. The number of benzene rings is 1. The van der Waals surface area contributed by atoms with E-state index in [-0.39, 0.29) is 23.8 Å². The topological polar surface area (TPSA) is 81.8 Å². The van der Waals surface area contributed by atoms with Crippen molar-refractivity contribution in [1.82, 2.24) is 15.1 Å². The Morgan fingerprint density at radius 2 is 1.55 bits per heavy atom. The highest BCUT2D eigenvalue weighted by molar-refractivity contribution is 5.98. The molecular weight excluding hydrogens is 368 g/mol. The molecule has 2 N–H and O–H groups in total. The van der Waals surface area contributed by atoms with E-state index in [1.54, 1.807) is 23.1 Å². The van der Waals surface area contributed by atoms with E-state index in [0.29, 0.717) is 43.5 Å². The quantitative estimate of drug-likeness (QED) is 0.818. The van der Waals surface area contributed by atoms with E-state index in [4.69, 9.17) is 0 Å². The molecule has 156 valence electrons. The van der Waals surface area contributed by atoms with Crippen LogP contribution in [-0.2, 0) is 4.79 Å². The van der Waals surface area contributed by atoms with Gasteiger partial charge in [-0.05, 0) is 43.9 Å². The second-order valence-corrected chi connectivity index (χ2v) is 8.41. The molecule has 2 aliphatic carbocycles. The standard InChI is InChI=1S/C22H30N4O3/c27-20(16-9-10-16)23-19-8-4-5-17(15-19)21(28)25-11-13-26(14-12-25)22(29)24-18-6-2-1-3-7-18/h4-5,8,15-16,18H,1-3,6-7,9-14H2,(H,23,27)(H,24,29). The van der Waals surface area contributed by atoms with E-state index in [1.807, 2.05) is 11.0 Å². The van der Waals surface area contributed by atoms with Gasteiger partial charge >= 0.3 is 6.03 Å². The predicted octanol–water partition coefficient (Wildman–Crippen LogP) is 2.84. The molecule has 1 heterocycles. The van der Waals surface area contributed by atoms with E-state index in [1.165, 1.54) is 19.3 Å². The first-order valence-electron chi connectivity index (χ1n) is 10.9. The number of nitrogens with one attached hydrogen (secondary N) is 2. The first-order chi connectivity index (χ1) is 14.1. The summed E-state index contributed by atoms with van der Waals surface area (Å²) in [6, 6.07) is 7.41. The zero-order valence-corrected chi connectivity index (χ0v) is 16.9. The summed E-state index contributed by atoms with van der Waals surface area (Å²) in [5.74, 6) is 0.106. The van der Waals surface area contributed by atoms with E-state index in [9.17, 15) is 14.4 Å². The second-order valence-electron chi connectivity index (χ2n) is 8.41. The fraction of sp³-hybridized carbons (Fsp3) is 0.591. The van der Waals surface area contributed by atoms with Gasteiger partial charge in [-0.2, -0.15) is 0 Å². The Morgan fingerprint density at radius 3 is 2.24 bits per heavy atom. The maximum atomic E-state index is 12.9. The van der Waals surface area contributed by atoms with Crippen LogP contribution < -0.4 is 10.6 Å². The van der Waals surface area contributed by atoms with Crippen LogP contribution in [0, 0.1) is 5.92 Å². The highest BCUT2D eigenvalue weighted by Gasteiger charge is 2.30. The number of piperazine rings is 1. The number of rotatable bonds is 4. The van der Waals surface area contributed by atoms with Crippen LogP contribution in [-0.4, -0.2) is 59.9 Å². The third-order valence-electron chi connectivity index (χ3n) is 6.11. The molecule has 1 aromatic carbocycles. The van der Waals surface area contributed by atoms with Gasteiger partial charge in [0.15, 0.2) is 0 Å². The number of anilines is 1. The summed E-state index contributed by atoms with van der Waals surface area (Å²) in [4.78, 5) is 40.9.